The number of carbonyl (C=O) groups is 1. The summed E-state index contributed by atoms with van der Waals surface area (Å²) in [5.41, 5.74) is 3.30. The van der Waals surface area contributed by atoms with Crippen molar-refractivity contribution in [3.05, 3.63) is 53.0 Å². The van der Waals surface area contributed by atoms with Crippen molar-refractivity contribution in [2.75, 3.05) is 23.7 Å². The average Bonchev–Trinajstić information content (AvgIpc) is 2.68. The van der Waals surface area contributed by atoms with E-state index in [9.17, 15) is 14.4 Å². The summed E-state index contributed by atoms with van der Waals surface area (Å²) in [4.78, 5) is 19.3. The van der Waals surface area contributed by atoms with Gasteiger partial charge in [0.2, 0.25) is 0 Å². The Morgan fingerprint density at radius 3 is 2.73 bits per heavy atom. The van der Waals surface area contributed by atoms with Crippen molar-refractivity contribution in [2.45, 2.75) is 30.2 Å². The van der Waals surface area contributed by atoms with E-state index in [4.69, 9.17) is 4.98 Å². The van der Waals surface area contributed by atoms with Crippen LogP contribution < -0.4 is 4.90 Å². The second kappa shape index (κ2) is 7.08. The number of piperidine rings is 1. The summed E-state index contributed by atoms with van der Waals surface area (Å²) in [6, 6.07) is 9.80. The summed E-state index contributed by atoms with van der Waals surface area (Å²) in [6.07, 6.45) is 2.58. The van der Waals surface area contributed by atoms with Crippen molar-refractivity contribution in [2.24, 2.45) is 0 Å². The molecule has 4 nitrogen and oxygen atoms in total. The van der Waals surface area contributed by atoms with E-state index in [2.05, 4.69) is 11.0 Å². The molecule has 0 aliphatic carbocycles. The van der Waals surface area contributed by atoms with Gasteiger partial charge in [-0.25, -0.2) is 9.37 Å². The van der Waals surface area contributed by atoms with Crippen molar-refractivity contribution in [3.8, 4) is 6.07 Å². The molecular weight excluding hydrogens is 349 g/mol. The lowest BCUT2D eigenvalue weighted by Crippen LogP contribution is -2.39. The molecule has 0 spiro atoms. The number of Topliss-reactive ketones (excluding diaryl/α,β-unsaturated/α-hetero) is 1. The van der Waals surface area contributed by atoms with Gasteiger partial charge in [0.05, 0.1) is 16.9 Å². The van der Waals surface area contributed by atoms with Crippen molar-refractivity contribution in [1.29, 1.82) is 5.26 Å². The van der Waals surface area contributed by atoms with E-state index < -0.39 is 0 Å². The Labute approximate surface area is 156 Å². The minimum absolute atomic E-state index is 0.0286. The van der Waals surface area contributed by atoms with Crippen molar-refractivity contribution in [3.63, 3.8) is 0 Å². The molecule has 0 amide bonds. The van der Waals surface area contributed by atoms with Crippen molar-refractivity contribution < 1.29 is 9.18 Å². The molecule has 0 radical (unpaired) electrons. The van der Waals surface area contributed by atoms with Gasteiger partial charge >= 0.3 is 0 Å². The fourth-order valence-electron chi connectivity index (χ4n) is 3.66. The first-order valence-corrected chi connectivity index (χ1v) is 9.76. The highest BCUT2D eigenvalue weighted by Gasteiger charge is 2.33. The summed E-state index contributed by atoms with van der Waals surface area (Å²) < 4.78 is 13.0. The number of pyridine rings is 1. The molecule has 6 heteroatoms. The van der Waals surface area contributed by atoms with Crippen molar-refractivity contribution in [1.82, 2.24) is 4.98 Å². The van der Waals surface area contributed by atoms with Gasteiger partial charge in [0.1, 0.15) is 16.9 Å². The number of fused-ring (bicyclic) bond motifs is 2. The predicted octanol–water partition coefficient (Wildman–Crippen LogP) is 4.15. The molecule has 2 bridgehead atoms. The fourth-order valence-corrected chi connectivity index (χ4v) is 4.56. The first-order valence-electron chi connectivity index (χ1n) is 8.77. The number of carbonyl (C=O) groups excluding carboxylic acids is 1. The standard InChI is InChI=1S/C20H18FN3OS/c21-16-3-1-13(2-4-16)18(25)7-10-26-20-15(12-22)11-17-19(23-20)14-5-8-24(17)9-6-14/h1-4,11,14H,5-10H2. The van der Waals surface area contributed by atoms with Crippen LogP contribution in [0.2, 0.25) is 0 Å². The number of nitrogens with zero attached hydrogens (tertiary/aromatic N) is 3. The molecule has 3 aliphatic heterocycles. The summed E-state index contributed by atoms with van der Waals surface area (Å²) in [5, 5.41) is 10.2. The molecule has 3 aliphatic rings. The zero-order chi connectivity index (χ0) is 18.1. The van der Waals surface area contributed by atoms with E-state index in [1.54, 1.807) is 0 Å². The van der Waals surface area contributed by atoms with E-state index in [-0.39, 0.29) is 11.6 Å². The van der Waals surface area contributed by atoms with E-state index >= 15 is 0 Å². The Hall–Kier alpha value is -2.39. The molecule has 0 unspecified atom stereocenters. The molecule has 1 fully saturated rings. The fraction of sp³-hybridized carbons (Fsp3) is 0.350. The van der Waals surface area contributed by atoms with E-state index in [1.165, 1.54) is 36.0 Å². The highest BCUT2D eigenvalue weighted by atomic mass is 32.2. The zero-order valence-electron chi connectivity index (χ0n) is 14.2. The van der Waals surface area contributed by atoms with Crippen LogP contribution >= 0.6 is 11.8 Å². The van der Waals surface area contributed by atoms with Gasteiger partial charge in [-0.1, -0.05) is 0 Å². The quantitative estimate of drug-likeness (QED) is 0.587. The molecule has 132 valence electrons. The largest absolute Gasteiger partial charge is 0.370 e. The molecule has 1 aromatic heterocycles. The first kappa shape index (κ1) is 17.0. The smallest absolute Gasteiger partial charge is 0.163 e. The summed E-state index contributed by atoms with van der Waals surface area (Å²) in [7, 11) is 0. The molecule has 2 aromatic rings. The molecule has 26 heavy (non-hydrogen) atoms. The lowest BCUT2D eigenvalue weighted by atomic mass is 9.86. The highest BCUT2D eigenvalue weighted by Crippen LogP contribution is 2.42. The van der Waals surface area contributed by atoms with Gasteiger partial charge in [-0.2, -0.15) is 5.26 Å². The van der Waals surface area contributed by atoms with Gasteiger partial charge in [0.15, 0.2) is 5.78 Å². The van der Waals surface area contributed by atoms with Crippen LogP contribution in [0.3, 0.4) is 0 Å². The molecule has 1 aromatic carbocycles. The maximum Gasteiger partial charge on any atom is 0.163 e. The monoisotopic (exact) mass is 367 g/mol. The predicted molar refractivity (Wildman–Crippen MR) is 99.2 cm³/mol. The molecule has 1 saturated heterocycles. The lowest BCUT2D eigenvalue weighted by Gasteiger charge is -2.41. The number of aromatic nitrogens is 1. The number of hydrogen-bond donors (Lipinski definition) is 0. The Morgan fingerprint density at radius 1 is 1.31 bits per heavy atom. The van der Waals surface area contributed by atoms with Gasteiger partial charge in [0.25, 0.3) is 0 Å². The van der Waals surface area contributed by atoms with Gasteiger partial charge < -0.3 is 4.90 Å². The summed E-state index contributed by atoms with van der Waals surface area (Å²) in [5.74, 6) is 0.658. The number of halogens is 1. The molecule has 0 atom stereocenters. The number of ketones is 1. The van der Waals surface area contributed by atoms with E-state index in [1.807, 2.05) is 6.07 Å². The Bertz CT molecular complexity index is 883. The van der Waals surface area contributed by atoms with E-state index in [0.29, 0.717) is 34.2 Å². The number of nitriles is 1. The lowest BCUT2D eigenvalue weighted by molar-refractivity contribution is 0.0989. The number of benzene rings is 1. The molecule has 0 saturated carbocycles. The summed E-state index contributed by atoms with van der Waals surface area (Å²) >= 11 is 1.45. The molecule has 5 rings (SSSR count). The Morgan fingerprint density at radius 2 is 2.04 bits per heavy atom. The third kappa shape index (κ3) is 3.19. The minimum atomic E-state index is -0.349. The average molecular weight is 367 g/mol. The normalized spacial score (nSPS) is 15.6. The van der Waals surface area contributed by atoms with Crippen LogP contribution in [-0.4, -0.2) is 29.6 Å². The minimum Gasteiger partial charge on any atom is -0.370 e. The SMILES string of the molecule is N#Cc1cc2c(nc1SCCC(=O)c1ccc(F)cc1)C1CCN2CC1. The number of rotatable bonds is 5. The van der Waals surface area contributed by atoms with Gasteiger partial charge in [-0.05, 0) is 43.2 Å². The van der Waals surface area contributed by atoms with Crippen LogP contribution in [0.15, 0.2) is 35.4 Å². The van der Waals surface area contributed by atoms with Crippen molar-refractivity contribution >= 4 is 23.2 Å². The summed E-state index contributed by atoms with van der Waals surface area (Å²) in [6.45, 7) is 2.09. The third-order valence-electron chi connectivity index (χ3n) is 5.07. The zero-order valence-corrected chi connectivity index (χ0v) is 15.1. The Balaban J connectivity index is 1.47. The van der Waals surface area contributed by atoms with Gasteiger partial charge in [-0.3, -0.25) is 4.79 Å². The molecule has 4 heterocycles. The van der Waals surface area contributed by atoms with Gasteiger partial charge in [-0.15, -0.1) is 11.8 Å². The Kier molecular flexibility index (Phi) is 4.64. The number of hydrogen-bond acceptors (Lipinski definition) is 5. The highest BCUT2D eigenvalue weighted by molar-refractivity contribution is 7.99. The second-order valence-electron chi connectivity index (χ2n) is 6.65. The van der Waals surface area contributed by atoms with Crippen LogP contribution in [0.25, 0.3) is 0 Å². The van der Waals surface area contributed by atoms with E-state index in [0.717, 1.165) is 37.3 Å². The molecule has 0 N–H and O–H groups in total. The number of anilines is 1. The van der Waals surface area contributed by atoms with Crippen LogP contribution in [0.4, 0.5) is 10.1 Å². The topological polar surface area (TPSA) is 57.0 Å². The van der Waals surface area contributed by atoms with Gasteiger partial charge in [0, 0.05) is 36.7 Å². The third-order valence-corrected chi connectivity index (χ3v) is 6.07. The van der Waals surface area contributed by atoms with Crippen LogP contribution in [0.5, 0.6) is 0 Å². The maximum atomic E-state index is 13.0. The first-order chi connectivity index (χ1) is 12.7. The van der Waals surface area contributed by atoms with Crippen LogP contribution in [0, 0.1) is 17.1 Å². The second-order valence-corrected chi connectivity index (χ2v) is 7.73. The van der Waals surface area contributed by atoms with Crippen LogP contribution in [-0.2, 0) is 0 Å². The molecular formula is C20H18FN3OS. The number of thioether (sulfide) groups is 1. The maximum absolute atomic E-state index is 13.0. The van der Waals surface area contributed by atoms with Crippen LogP contribution in [0.1, 0.15) is 46.8 Å².